The lowest BCUT2D eigenvalue weighted by Crippen LogP contribution is -2.13. The highest BCUT2D eigenvalue weighted by molar-refractivity contribution is 5.97. The Balaban J connectivity index is 1.61. The lowest BCUT2D eigenvalue weighted by Gasteiger charge is -2.06. The monoisotopic (exact) mass is 369 g/mol. The number of imidazole rings is 1. The van der Waals surface area contributed by atoms with Crippen LogP contribution in [0.1, 0.15) is 0 Å². The number of pyridine rings is 2. The van der Waals surface area contributed by atoms with E-state index in [-0.39, 0.29) is 5.56 Å². The number of nitrogen functional groups attached to an aromatic ring is 1. The molecule has 0 aliphatic rings. The van der Waals surface area contributed by atoms with E-state index in [9.17, 15) is 4.79 Å². The van der Waals surface area contributed by atoms with E-state index in [1.807, 2.05) is 42.5 Å². The van der Waals surface area contributed by atoms with Crippen LogP contribution < -0.4 is 16.0 Å². The third-order valence-corrected chi connectivity index (χ3v) is 4.52. The average molecular weight is 369 g/mol. The van der Waals surface area contributed by atoms with Gasteiger partial charge in [-0.25, -0.2) is 4.98 Å². The molecule has 0 radical (unpaired) electrons. The SMILES string of the molecule is Nc1c(-c2nc3cc(Oc4cccnc4)ccc3[nH]2)c(=O)[nH]c2ccccc12. The number of H-pyrrole nitrogens is 2. The summed E-state index contributed by atoms with van der Waals surface area (Å²) in [5, 5.41) is 0.776. The minimum absolute atomic E-state index is 0.290. The van der Waals surface area contributed by atoms with Crippen LogP contribution in [0.3, 0.4) is 0 Å². The number of hydrogen-bond donors (Lipinski definition) is 3. The molecule has 0 bridgehead atoms. The third kappa shape index (κ3) is 2.66. The van der Waals surface area contributed by atoms with Crippen molar-refractivity contribution in [3.05, 3.63) is 77.3 Å². The summed E-state index contributed by atoms with van der Waals surface area (Å²) >= 11 is 0. The summed E-state index contributed by atoms with van der Waals surface area (Å²) in [6.07, 6.45) is 3.32. The quantitative estimate of drug-likeness (QED) is 0.448. The summed E-state index contributed by atoms with van der Waals surface area (Å²) in [4.78, 5) is 27.2. The summed E-state index contributed by atoms with van der Waals surface area (Å²) in [6, 6.07) is 16.5. The molecule has 7 heteroatoms. The molecule has 5 rings (SSSR count). The smallest absolute Gasteiger partial charge is 0.261 e. The number of fused-ring (bicyclic) bond motifs is 2. The zero-order valence-electron chi connectivity index (χ0n) is 14.6. The number of rotatable bonds is 3. The maximum atomic E-state index is 12.6. The van der Waals surface area contributed by atoms with Crippen molar-refractivity contribution >= 4 is 27.6 Å². The van der Waals surface area contributed by atoms with Crippen LogP contribution >= 0.6 is 0 Å². The van der Waals surface area contributed by atoms with E-state index in [4.69, 9.17) is 10.5 Å². The minimum Gasteiger partial charge on any atom is -0.456 e. The van der Waals surface area contributed by atoms with Crippen molar-refractivity contribution in [2.75, 3.05) is 5.73 Å². The van der Waals surface area contributed by atoms with Crippen molar-refractivity contribution in [2.24, 2.45) is 0 Å². The standard InChI is InChI=1S/C21H15N5O2/c22-19-14-5-1-2-6-15(14)26-21(27)18(19)20-24-16-8-7-12(10-17(16)25-20)28-13-4-3-9-23-11-13/h1-11H,(H,24,25)(H3,22,26,27). The van der Waals surface area contributed by atoms with Gasteiger partial charge in [0.1, 0.15) is 22.9 Å². The number of nitrogens with one attached hydrogen (secondary N) is 2. The van der Waals surface area contributed by atoms with E-state index in [1.54, 1.807) is 24.5 Å². The molecular formula is C21H15N5O2. The number of anilines is 1. The third-order valence-electron chi connectivity index (χ3n) is 4.52. The van der Waals surface area contributed by atoms with Gasteiger partial charge in [-0.2, -0.15) is 0 Å². The van der Waals surface area contributed by atoms with Gasteiger partial charge in [-0.05, 0) is 30.3 Å². The molecule has 4 N–H and O–H groups in total. The van der Waals surface area contributed by atoms with E-state index in [0.29, 0.717) is 39.6 Å². The highest BCUT2D eigenvalue weighted by Crippen LogP contribution is 2.30. The number of para-hydroxylation sites is 1. The van der Waals surface area contributed by atoms with Crippen molar-refractivity contribution in [3.8, 4) is 22.9 Å². The van der Waals surface area contributed by atoms with Gasteiger partial charge in [0.15, 0.2) is 0 Å². The average Bonchev–Trinajstić information content (AvgIpc) is 3.11. The van der Waals surface area contributed by atoms with Crippen LogP contribution in [0.5, 0.6) is 11.5 Å². The largest absolute Gasteiger partial charge is 0.456 e. The first-order chi connectivity index (χ1) is 13.7. The molecule has 5 aromatic rings. The Bertz CT molecular complexity index is 1370. The molecule has 0 amide bonds. The van der Waals surface area contributed by atoms with Crippen molar-refractivity contribution in [3.63, 3.8) is 0 Å². The molecule has 0 fully saturated rings. The number of hydrogen-bond acceptors (Lipinski definition) is 5. The number of benzene rings is 2. The first-order valence-corrected chi connectivity index (χ1v) is 8.67. The second-order valence-electron chi connectivity index (χ2n) is 6.34. The van der Waals surface area contributed by atoms with Gasteiger partial charge >= 0.3 is 0 Å². The molecule has 136 valence electrons. The van der Waals surface area contributed by atoms with Crippen LogP contribution in [0.2, 0.25) is 0 Å². The normalized spacial score (nSPS) is 11.1. The molecular weight excluding hydrogens is 354 g/mol. The maximum Gasteiger partial charge on any atom is 0.261 e. The molecule has 0 saturated heterocycles. The number of nitrogens with two attached hydrogens (primary N) is 1. The fraction of sp³-hybridized carbons (Fsp3) is 0. The van der Waals surface area contributed by atoms with Crippen molar-refractivity contribution in [1.82, 2.24) is 19.9 Å². The molecule has 3 heterocycles. The summed E-state index contributed by atoms with van der Waals surface area (Å²) < 4.78 is 5.80. The molecule has 0 atom stereocenters. The highest BCUT2D eigenvalue weighted by atomic mass is 16.5. The molecule has 28 heavy (non-hydrogen) atoms. The zero-order chi connectivity index (χ0) is 19.1. The van der Waals surface area contributed by atoms with Crippen LogP contribution in [0.4, 0.5) is 5.69 Å². The summed E-state index contributed by atoms with van der Waals surface area (Å²) in [5.41, 5.74) is 8.86. The van der Waals surface area contributed by atoms with Crippen molar-refractivity contribution < 1.29 is 4.74 Å². The first-order valence-electron chi connectivity index (χ1n) is 8.67. The molecule has 0 aliphatic carbocycles. The first kappa shape index (κ1) is 16.1. The molecule has 7 nitrogen and oxygen atoms in total. The van der Waals surface area contributed by atoms with Gasteiger partial charge in [-0.3, -0.25) is 9.78 Å². The van der Waals surface area contributed by atoms with E-state index < -0.39 is 0 Å². The van der Waals surface area contributed by atoms with Gasteiger partial charge in [-0.1, -0.05) is 18.2 Å². The number of ether oxygens (including phenoxy) is 1. The lowest BCUT2D eigenvalue weighted by atomic mass is 10.1. The second kappa shape index (κ2) is 6.24. The lowest BCUT2D eigenvalue weighted by molar-refractivity contribution is 0.481. The Kier molecular flexibility index (Phi) is 3.58. The van der Waals surface area contributed by atoms with Gasteiger partial charge in [0.2, 0.25) is 0 Å². The van der Waals surface area contributed by atoms with E-state index in [1.165, 1.54) is 0 Å². The molecule has 3 aromatic heterocycles. The van der Waals surface area contributed by atoms with Crippen molar-refractivity contribution in [2.45, 2.75) is 0 Å². The van der Waals surface area contributed by atoms with Crippen LogP contribution in [0, 0.1) is 0 Å². The fourth-order valence-corrected chi connectivity index (χ4v) is 3.21. The predicted molar refractivity (Wildman–Crippen MR) is 108 cm³/mol. The van der Waals surface area contributed by atoms with Crippen LogP contribution in [-0.4, -0.2) is 19.9 Å². The highest BCUT2D eigenvalue weighted by Gasteiger charge is 2.16. The molecule has 2 aromatic carbocycles. The van der Waals surface area contributed by atoms with Crippen molar-refractivity contribution in [1.29, 1.82) is 0 Å². The number of nitrogens with zero attached hydrogens (tertiary/aromatic N) is 2. The maximum absolute atomic E-state index is 12.6. The van der Waals surface area contributed by atoms with Gasteiger partial charge in [0, 0.05) is 17.6 Å². The van der Waals surface area contributed by atoms with E-state index >= 15 is 0 Å². The molecule has 0 unspecified atom stereocenters. The molecule has 0 aliphatic heterocycles. The van der Waals surface area contributed by atoms with Gasteiger partial charge in [-0.15, -0.1) is 0 Å². The Morgan fingerprint density at radius 1 is 0.929 bits per heavy atom. The van der Waals surface area contributed by atoms with Crippen LogP contribution in [-0.2, 0) is 0 Å². The van der Waals surface area contributed by atoms with Gasteiger partial charge in [0.05, 0.1) is 28.4 Å². The molecule has 0 saturated carbocycles. The second-order valence-corrected chi connectivity index (χ2v) is 6.34. The molecule has 0 spiro atoms. The van der Waals surface area contributed by atoms with E-state index in [0.717, 1.165) is 10.9 Å². The van der Waals surface area contributed by atoms with Gasteiger partial charge in [0.25, 0.3) is 5.56 Å². The minimum atomic E-state index is -0.290. The van der Waals surface area contributed by atoms with E-state index in [2.05, 4.69) is 19.9 Å². The summed E-state index contributed by atoms with van der Waals surface area (Å²) in [7, 11) is 0. The Morgan fingerprint density at radius 2 is 1.82 bits per heavy atom. The summed E-state index contributed by atoms with van der Waals surface area (Å²) in [5.74, 6) is 1.67. The number of aromatic amines is 2. The Hall–Kier alpha value is -4.13. The Morgan fingerprint density at radius 3 is 2.68 bits per heavy atom. The fourth-order valence-electron chi connectivity index (χ4n) is 3.21. The summed E-state index contributed by atoms with van der Waals surface area (Å²) in [6.45, 7) is 0. The topological polar surface area (TPSA) is 110 Å². The van der Waals surface area contributed by atoms with Crippen LogP contribution in [0.25, 0.3) is 33.3 Å². The zero-order valence-corrected chi connectivity index (χ0v) is 14.6. The predicted octanol–water partition coefficient (Wildman–Crippen LogP) is 3.84. The number of aromatic nitrogens is 4. The van der Waals surface area contributed by atoms with Gasteiger partial charge < -0.3 is 20.4 Å². The van der Waals surface area contributed by atoms with Crippen LogP contribution in [0.15, 0.2) is 71.8 Å². The Labute approximate surface area is 158 Å².